The first-order valence-corrected chi connectivity index (χ1v) is 8.64. The fourth-order valence-electron chi connectivity index (χ4n) is 2.52. The first kappa shape index (κ1) is 18.5. The number of nitrogens with one attached hydrogen (secondary N) is 1. The van der Waals surface area contributed by atoms with Crippen LogP contribution in [0.25, 0.3) is 6.08 Å². The number of methoxy groups -OCH3 is 1. The molecule has 2 aromatic carbocycles. The van der Waals surface area contributed by atoms with Gasteiger partial charge >= 0.3 is 0 Å². The zero-order valence-corrected chi connectivity index (χ0v) is 15.8. The van der Waals surface area contributed by atoms with E-state index < -0.39 is 11.8 Å². The Morgan fingerprint density at radius 1 is 1.22 bits per heavy atom. The standard InChI is InChI=1S/C19H14BrN3O4/c1-26-16-10-12(15(20)11-17(16)27-8-7-21)9-14-18(24)22-23(19(14)25)13-5-3-2-4-6-13/h2-6,9-11H,8H2,1H3,(H,22,24). The zero-order chi connectivity index (χ0) is 19.4. The lowest BCUT2D eigenvalue weighted by Gasteiger charge is -2.14. The molecule has 0 atom stereocenters. The zero-order valence-electron chi connectivity index (χ0n) is 14.2. The van der Waals surface area contributed by atoms with Gasteiger partial charge in [0.15, 0.2) is 18.1 Å². The number of amides is 2. The number of carbonyl (C=O) groups excluding carboxylic acids is 2. The number of para-hydroxylation sites is 1. The van der Waals surface area contributed by atoms with Crippen LogP contribution in [-0.4, -0.2) is 25.5 Å². The SMILES string of the molecule is COc1cc(C=C2C(=O)NN(c3ccccc3)C2=O)c(Br)cc1OCC#N. The normalized spacial score (nSPS) is 14.9. The van der Waals surface area contributed by atoms with Gasteiger partial charge in [0.2, 0.25) is 0 Å². The molecule has 1 aliphatic rings. The van der Waals surface area contributed by atoms with Gasteiger partial charge in [-0.2, -0.15) is 5.26 Å². The Bertz CT molecular complexity index is 967. The number of nitriles is 1. The third kappa shape index (κ3) is 3.78. The van der Waals surface area contributed by atoms with E-state index in [1.165, 1.54) is 18.2 Å². The molecule has 1 fully saturated rings. The van der Waals surface area contributed by atoms with Gasteiger partial charge in [-0.3, -0.25) is 15.0 Å². The van der Waals surface area contributed by atoms with Crippen molar-refractivity contribution in [2.24, 2.45) is 0 Å². The summed E-state index contributed by atoms with van der Waals surface area (Å²) in [6.07, 6.45) is 1.47. The summed E-state index contributed by atoms with van der Waals surface area (Å²) in [5.41, 5.74) is 3.67. The lowest BCUT2D eigenvalue weighted by Crippen LogP contribution is -2.35. The highest BCUT2D eigenvalue weighted by atomic mass is 79.9. The van der Waals surface area contributed by atoms with E-state index in [0.29, 0.717) is 27.2 Å². The number of ether oxygens (including phenoxy) is 2. The van der Waals surface area contributed by atoms with Gasteiger partial charge in [-0.15, -0.1) is 0 Å². The Morgan fingerprint density at radius 3 is 2.63 bits per heavy atom. The van der Waals surface area contributed by atoms with Crippen molar-refractivity contribution in [2.75, 3.05) is 18.7 Å². The second-order valence-corrected chi connectivity index (χ2v) is 6.30. The predicted octanol–water partition coefficient (Wildman–Crippen LogP) is 2.82. The lowest BCUT2D eigenvalue weighted by molar-refractivity contribution is -0.117. The first-order chi connectivity index (χ1) is 13.0. The number of benzene rings is 2. The van der Waals surface area contributed by atoms with Crippen molar-refractivity contribution < 1.29 is 19.1 Å². The van der Waals surface area contributed by atoms with Gasteiger partial charge in [0, 0.05) is 4.47 Å². The van der Waals surface area contributed by atoms with Crippen LogP contribution in [0.3, 0.4) is 0 Å². The fourth-order valence-corrected chi connectivity index (χ4v) is 2.95. The molecule has 2 amide bonds. The van der Waals surface area contributed by atoms with Crippen molar-refractivity contribution in [1.82, 2.24) is 5.43 Å². The second kappa shape index (κ2) is 7.93. The molecule has 0 spiro atoms. The third-order valence-electron chi connectivity index (χ3n) is 3.78. The van der Waals surface area contributed by atoms with Crippen molar-refractivity contribution in [3.05, 3.63) is 58.1 Å². The Kier molecular flexibility index (Phi) is 5.43. The van der Waals surface area contributed by atoms with E-state index in [1.807, 2.05) is 12.1 Å². The van der Waals surface area contributed by atoms with E-state index >= 15 is 0 Å². The molecule has 0 saturated carbocycles. The molecular weight excluding hydrogens is 414 g/mol. The summed E-state index contributed by atoms with van der Waals surface area (Å²) in [4.78, 5) is 25.0. The van der Waals surface area contributed by atoms with Gasteiger partial charge in [0.1, 0.15) is 11.6 Å². The van der Waals surface area contributed by atoms with E-state index in [4.69, 9.17) is 14.7 Å². The smallest absolute Gasteiger partial charge is 0.282 e. The van der Waals surface area contributed by atoms with Gasteiger partial charge in [0.25, 0.3) is 11.8 Å². The number of hydrazine groups is 1. The van der Waals surface area contributed by atoms with Gasteiger partial charge in [0.05, 0.1) is 12.8 Å². The van der Waals surface area contributed by atoms with Crippen molar-refractivity contribution in [3.8, 4) is 17.6 Å². The van der Waals surface area contributed by atoms with Crippen LogP contribution in [0.5, 0.6) is 11.5 Å². The summed E-state index contributed by atoms with van der Waals surface area (Å²) < 4.78 is 11.2. The molecule has 0 aromatic heterocycles. The molecule has 0 bridgehead atoms. The van der Waals surface area contributed by atoms with Crippen LogP contribution < -0.4 is 19.9 Å². The van der Waals surface area contributed by atoms with Crippen molar-refractivity contribution >= 4 is 39.5 Å². The van der Waals surface area contributed by atoms with Crippen LogP contribution in [0.15, 0.2) is 52.5 Å². The Labute approximate surface area is 163 Å². The van der Waals surface area contributed by atoms with Crippen molar-refractivity contribution in [1.29, 1.82) is 5.26 Å². The molecule has 1 saturated heterocycles. The average molecular weight is 428 g/mol. The minimum atomic E-state index is -0.500. The average Bonchev–Trinajstić information content (AvgIpc) is 2.96. The monoisotopic (exact) mass is 427 g/mol. The molecule has 1 N–H and O–H groups in total. The maximum absolute atomic E-state index is 12.7. The van der Waals surface area contributed by atoms with Crippen molar-refractivity contribution in [3.63, 3.8) is 0 Å². The summed E-state index contributed by atoms with van der Waals surface area (Å²) in [5.74, 6) is -0.200. The maximum atomic E-state index is 12.7. The molecule has 0 unspecified atom stereocenters. The van der Waals surface area contributed by atoms with Crippen LogP contribution in [-0.2, 0) is 9.59 Å². The second-order valence-electron chi connectivity index (χ2n) is 5.45. The van der Waals surface area contributed by atoms with E-state index in [2.05, 4.69) is 21.4 Å². The Hall–Kier alpha value is -3.31. The molecule has 1 aliphatic heterocycles. The third-order valence-corrected chi connectivity index (χ3v) is 4.47. The molecule has 7 nitrogen and oxygen atoms in total. The summed E-state index contributed by atoms with van der Waals surface area (Å²) in [5, 5.41) is 9.86. The van der Waals surface area contributed by atoms with Crippen molar-refractivity contribution in [2.45, 2.75) is 0 Å². The summed E-state index contributed by atoms with van der Waals surface area (Å²) in [6.45, 7) is -0.129. The van der Waals surface area contributed by atoms with Gasteiger partial charge in [-0.25, -0.2) is 5.01 Å². The van der Waals surface area contributed by atoms with Gasteiger partial charge in [-0.1, -0.05) is 34.1 Å². The minimum Gasteiger partial charge on any atom is -0.493 e. The largest absolute Gasteiger partial charge is 0.493 e. The summed E-state index contributed by atoms with van der Waals surface area (Å²) in [7, 11) is 1.46. The number of nitrogens with zero attached hydrogens (tertiary/aromatic N) is 2. The molecule has 3 rings (SSSR count). The van der Waals surface area contributed by atoms with E-state index in [1.54, 1.807) is 36.4 Å². The summed E-state index contributed by atoms with van der Waals surface area (Å²) >= 11 is 3.39. The minimum absolute atomic E-state index is 0.00713. The molecule has 2 aromatic rings. The van der Waals surface area contributed by atoms with Crippen LogP contribution in [0, 0.1) is 11.3 Å². The van der Waals surface area contributed by atoms with E-state index in [9.17, 15) is 9.59 Å². The quantitative estimate of drug-likeness (QED) is 0.584. The molecule has 8 heteroatoms. The van der Waals surface area contributed by atoms with E-state index in [0.717, 1.165) is 0 Å². The number of hydrogen-bond acceptors (Lipinski definition) is 5. The molecule has 0 aliphatic carbocycles. The fraction of sp³-hybridized carbons (Fsp3) is 0.105. The maximum Gasteiger partial charge on any atom is 0.282 e. The Balaban J connectivity index is 1.95. The predicted molar refractivity (Wildman–Crippen MR) is 102 cm³/mol. The number of halogens is 1. The summed E-state index contributed by atoms with van der Waals surface area (Å²) in [6, 6.07) is 13.9. The van der Waals surface area contributed by atoms with Crippen LogP contribution in [0.4, 0.5) is 5.69 Å². The topological polar surface area (TPSA) is 91.7 Å². The molecule has 136 valence electrons. The van der Waals surface area contributed by atoms with Gasteiger partial charge in [-0.05, 0) is 35.9 Å². The molecule has 27 heavy (non-hydrogen) atoms. The Morgan fingerprint density at radius 2 is 1.96 bits per heavy atom. The highest BCUT2D eigenvalue weighted by Gasteiger charge is 2.34. The molecular formula is C19H14BrN3O4. The van der Waals surface area contributed by atoms with Gasteiger partial charge < -0.3 is 9.47 Å². The molecule has 0 radical (unpaired) electrons. The lowest BCUT2D eigenvalue weighted by atomic mass is 10.1. The number of carbonyl (C=O) groups is 2. The highest BCUT2D eigenvalue weighted by Crippen LogP contribution is 2.35. The first-order valence-electron chi connectivity index (χ1n) is 7.84. The van der Waals surface area contributed by atoms with Crippen LogP contribution in [0.1, 0.15) is 5.56 Å². The van der Waals surface area contributed by atoms with E-state index in [-0.39, 0.29) is 12.2 Å². The molecule has 1 heterocycles. The number of rotatable bonds is 5. The van der Waals surface area contributed by atoms with Crippen LogP contribution >= 0.6 is 15.9 Å². The van der Waals surface area contributed by atoms with Crippen LogP contribution in [0.2, 0.25) is 0 Å². The highest BCUT2D eigenvalue weighted by molar-refractivity contribution is 9.10. The number of hydrogen-bond donors (Lipinski definition) is 1. The number of anilines is 1.